The molecule has 154 valence electrons. The van der Waals surface area contributed by atoms with Crippen molar-refractivity contribution < 1.29 is 14.6 Å². The molecule has 5 heteroatoms. The zero-order chi connectivity index (χ0) is 20.9. The monoisotopic (exact) mass is 402 g/mol. The highest BCUT2D eigenvalue weighted by Crippen LogP contribution is 2.31. The lowest BCUT2D eigenvalue weighted by Gasteiger charge is -2.14. The van der Waals surface area contributed by atoms with E-state index < -0.39 is 0 Å². The lowest BCUT2D eigenvalue weighted by Crippen LogP contribution is -2.24. The Hall–Kier alpha value is -3.18. The van der Waals surface area contributed by atoms with Crippen LogP contribution in [0, 0.1) is 12.8 Å². The van der Waals surface area contributed by atoms with E-state index in [1.807, 2.05) is 55.5 Å². The van der Waals surface area contributed by atoms with E-state index in [4.69, 9.17) is 4.74 Å². The van der Waals surface area contributed by atoms with Gasteiger partial charge in [0.25, 0.3) is 5.91 Å². The molecule has 4 rings (SSSR count). The molecule has 0 atom stereocenters. The van der Waals surface area contributed by atoms with Crippen LogP contribution in [-0.2, 0) is 13.2 Å². The Morgan fingerprint density at radius 3 is 2.67 bits per heavy atom. The number of ether oxygens (including phenoxy) is 1. The number of nitrogens with zero attached hydrogens (tertiary/aromatic N) is 1. The van der Waals surface area contributed by atoms with Gasteiger partial charge in [-0.3, -0.25) is 4.79 Å². The standard InChI is InChI=1S/C25H26N2O3/c1-17-6-8-18(9-7-17)13-26-24(29)23-12-21(22-5-3-2-4-20(22)15-28)14-27-25(23)30-16-19-10-11-19/h2-9,12,14,19,28H,10-11,13,15-16H2,1H3,(H,26,29). The van der Waals surface area contributed by atoms with Crippen LogP contribution in [0.25, 0.3) is 11.1 Å². The van der Waals surface area contributed by atoms with Crippen molar-refractivity contribution in [3.63, 3.8) is 0 Å². The van der Waals surface area contributed by atoms with Gasteiger partial charge in [-0.05, 0) is 48.4 Å². The summed E-state index contributed by atoms with van der Waals surface area (Å²) in [7, 11) is 0. The Morgan fingerprint density at radius 1 is 1.17 bits per heavy atom. The maximum absolute atomic E-state index is 13.0. The SMILES string of the molecule is Cc1ccc(CNC(=O)c2cc(-c3ccccc3CO)cnc2OCC2CC2)cc1. The summed E-state index contributed by atoms with van der Waals surface area (Å²) < 4.78 is 5.88. The third-order valence-electron chi connectivity index (χ3n) is 5.32. The number of aryl methyl sites for hydroxylation is 1. The smallest absolute Gasteiger partial charge is 0.257 e. The Kier molecular flexibility index (Phi) is 6.10. The minimum Gasteiger partial charge on any atom is -0.477 e. The quantitative estimate of drug-likeness (QED) is 0.590. The van der Waals surface area contributed by atoms with Gasteiger partial charge in [0, 0.05) is 18.3 Å². The van der Waals surface area contributed by atoms with Crippen LogP contribution < -0.4 is 10.1 Å². The molecule has 2 aromatic carbocycles. The van der Waals surface area contributed by atoms with Gasteiger partial charge < -0.3 is 15.2 Å². The Morgan fingerprint density at radius 2 is 1.93 bits per heavy atom. The van der Waals surface area contributed by atoms with Crippen molar-refractivity contribution in [2.75, 3.05) is 6.61 Å². The molecule has 0 radical (unpaired) electrons. The number of amides is 1. The molecule has 1 fully saturated rings. The van der Waals surface area contributed by atoms with Gasteiger partial charge in [-0.1, -0.05) is 54.1 Å². The molecule has 0 aliphatic heterocycles. The van der Waals surface area contributed by atoms with E-state index in [9.17, 15) is 9.90 Å². The molecule has 0 unspecified atom stereocenters. The molecule has 1 aliphatic rings. The molecule has 1 aromatic heterocycles. The van der Waals surface area contributed by atoms with Crippen molar-refractivity contribution in [3.05, 3.63) is 83.0 Å². The van der Waals surface area contributed by atoms with E-state index >= 15 is 0 Å². The van der Waals surface area contributed by atoms with E-state index in [1.165, 1.54) is 5.56 Å². The number of aliphatic hydroxyl groups excluding tert-OH is 1. The third-order valence-corrected chi connectivity index (χ3v) is 5.32. The molecular weight excluding hydrogens is 376 g/mol. The minimum absolute atomic E-state index is 0.0783. The number of aliphatic hydroxyl groups is 1. The Labute approximate surface area is 176 Å². The van der Waals surface area contributed by atoms with E-state index in [0.29, 0.717) is 30.5 Å². The van der Waals surface area contributed by atoms with Crippen LogP contribution in [0.3, 0.4) is 0 Å². The maximum atomic E-state index is 13.0. The Balaban J connectivity index is 1.59. The number of benzene rings is 2. The lowest BCUT2D eigenvalue weighted by molar-refractivity contribution is 0.0945. The van der Waals surface area contributed by atoms with Crippen LogP contribution in [-0.4, -0.2) is 22.6 Å². The second kappa shape index (κ2) is 9.09. The number of pyridine rings is 1. The van der Waals surface area contributed by atoms with Gasteiger partial charge >= 0.3 is 0 Å². The average Bonchev–Trinajstić information content (AvgIpc) is 3.61. The van der Waals surface area contributed by atoms with E-state index in [2.05, 4.69) is 10.3 Å². The van der Waals surface area contributed by atoms with Crippen LogP contribution >= 0.6 is 0 Å². The molecule has 0 bridgehead atoms. The number of hydrogen-bond donors (Lipinski definition) is 2. The van der Waals surface area contributed by atoms with E-state index in [-0.39, 0.29) is 12.5 Å². The minimum atomic E-state index is -0.225. The molecule has 3 aromatic rings. The normalized spacial score (nSPS) is 13.1. The zero-order valence-corrected chi connectivity index (χ0v) is 17.1. The summed E-state index contributed by atoms with van der Waals surface area (Å²) in [5.74, 6) is 0.691. The summed E-state index contributed by atoms with van der Waals surface area (Å²) in [5, 5.41) is 12.6. The third kappa shape index (κ3) is 4.86. The van der Waals surface area contributed by atoms with Gasteiger partial charge in [0.2, 0.25) is 5.88 Å². The number of rotatable bonds is 8. The van der Waals surface area contributed by atoms with E-state index in [0.717, 1.165) is 35.1 Å². The summed E-state index contributed by atoms with van der Waals surface area (Å²) in [6.07, 6.45) is 4.03. The predicted molar refractivity (Wildman–Crippen MR) is 116 cm³/mol. The van der Waals surface area contributed by atoms with Crippen LogP contribution in [0.15, 0.2) is 60.8 Å². The molecule has 5 nitrogen and oxygen atoms in total. The summed E-state index contributed by atoms with van der Waals surface area (Å²) in [5.41, 5.74) is 5.04. The molecule has 1 aliphatic carbocycles. The molecule has 1 saturated carbocycles. The van der Waals surface area contributed by atoms with Gasteiger partial charge in [-0.25, -0.2) is 4.98 Å². The maximum Gasteiger partial charge on any atom is 0.257 e. The van der Waals surface area contributed by atoms with E-state index in [1.54, 1.807) is 12.3 Å². The second-order valence-electron chi connectivity index (χ2n) is 7.81. The first-order valence-electron chi connectivity index (χ1n) is 10.3. The summed E-state index contributed by atoms with van der Waals surface area (Å²) in [6.45, 7) is 2.97. The van der Waals surface area contributed by atoms with Crippen molar-refractivity contribution in [2.24, 2.45) is 5.92 Å². The zero-order valence-electron chi connectivity index (χ0n) is 17.1. The van der Waals surface area contributed by atoms with Crippen molar-refractivity contribution in [1.29, 1.82) is 0 Å². The second-order valence-corrected chi connectivity index (χ2v) is 7.81. The van der Waals surface area contributed by atoms with Crippen molar-refractivity contribution in [1.82, 2.24) is 10.3 Å². The van der Waals surface area contributed by atoms with Gasteiger partial charge in [0.1, 0.15) is 5.56 Å². The number of aromatic nitrogens is 1. The molecule has 2 N–H and O–H groups in total. The van der Waals surface area contributed by atoms with Crippen LogP contribution in [0.1, 0.15) is 39.9 Å². The first kappa shape index (κ1) is 20.1. The van der Waals surface area contributed by atoms with Gasteiger partial charge in [0.05, 0.1) is 13.2 Å². The lowest BCUT2D eigenvalue weighted by atomic mass is 10.00. The Bertz CT molecular complexity index is 1030. The van der Waals surface area contributed by atoms with Crippen LogP contribution in [0.5, 0.6) is 5.88 Å². The van der Waals surface area contributed by atoms with Gasteiger partial charge in [0.15, 0.2) is 0 Å². The largest absolute Gasteiger partial charge is 0.477 e. The molecule has 1 heterocycles. The highest BCUT2D eigenvalue weighted by Gasteiger charge is 2.24. The number of hydrogen-bond acceptors (Lipinski definition) is 4. The van der Waals surface area contributed by atoms with Crippen molar-refractivity contribution >= 4 is 5.91 Å². The molecule has 0 spiro atoms. The summed E-state index contributed by atoms with van der Waals surface area (Å²) in [6, 6.07) is 17.4. The summed E-state index contributed by atoms with van der Waals surface area (Å²) >= 11 is 0. The molecule has 0 saturated heterocycles. The first-order chi connectivity index (χ1) is 14.6. The molecule has 30 heavy (non-hydrogen) atoms. The molecule has 1 amide bonds. The number of nitrogens with one attached hydrogen (secondary N) is 1. The predicted octanol–water partition coefficient (Wildman–Crippen LogP) is 4.27. The number of carbonyl (C=O) groups excluding carboxylic acids is 1. The van der Waals surface area contributed by atoms with Crippen LogP contribution in [0.2, 0.25) is 0 Å². The topological polar surface area (TPSA) is 71.5 Å². The average molecular weight is 402 g/mol. The summed E-state index contributed by atoms with van der Waals surface area (Å²) in [4.78, 5) is 17.5. The fraction of sp³-hybridized carbons (Fsp3) is 0.280. The van der Waals surface area contributed by atoms with Crippen molar-refractivity contribution in [2.45, 2.75) is 32.9 Å². The molecular formula is C25H26N2O3. The van der Waals surface area contributed by atoms with Crippen molar-refractivity contribution in [3.8, 4) is 17.0 Å². The van der Waals surface area contributed by atoms with Crippen LogP contribution in [0.4, 0.5) is 0 Å². The van der Waals surface area contributed by atoms with Gasteiger partial charge in [-0.2, -0.15) is 0 Å². The first-order valence-corrected chi connectivity index (χ1v) is 10.3. The fourth-order valence-electron chi connectivity index (χ4n) is 3.28. The fourth-order valence-corrected chi connectivity index (χ4v) is 3.28. The highest BCUT2D eigenvalue weighted by molar-refractivity contribution is 5.97. The number of carbonyl (C=O) groups is 1. The highest BCUT2D eigenvalue weighted by atomic mass is 16.5. The van der Waals surface area contributed by atoms with Gasteiger partial charge in [-0.15, -0.1) is 0 Å².